The van der Waals surface area contributed by atoms with E-state index >= 15 is 0 Å². The van der Waals surface area contributed by atoms with E-state index in [1.54, 1.807) is 24.3 Å². The number of anilines is 2. The largest absolute Gasteiger partial charge is 0.495 e. The predicted molar refractivity (Wildman–Crippen MR) is 95.9 cm³/mol. The van der Waals surface area contributed by atoms with E-state index in [9.17, 15) is 9.18 Å². The second-order valence-electron chi connectivity index (χ2n) is 5.37. The number of hydrogen-bond acceptors (Lipinski definition) is 5. The summed E-state index contributed by atoms with van der Waals surface area (Å²) in [6.45, 7) is 0.153. The maximum atomic E-state index is 13.1. The Kier molecular flexibility index (Phi) is 5.04. The van der Waals surface area contributed by atoms with Gasteiger partial charge in [-0.25, -0.2) is 9.07 Å². The van der Waals surface area contributed by atoms with Crippen LogP contribution in [0.5, 0.6) is 5.75 Å². The van der Waals surface area contributed by atoms with Gasteiger partial charge in [-0.1, -0.05) is 35.0 Å². The zero-order valence-corrected chi connectivity index (χ0v) is 14.5. The number of methoxy groups -OCH3 is 1. The first-order chi connectivity index (χ1) is 12.5. The van der Waals surface area contributed by atoms with Crippen molar-refractivity contribution in [1.82, 2.24) is 15.0 Å². The molecule has 0 unspecified atom stereocenters. The number of halogens is 2. The molecule has 0 atom stereocenters. The summed E-state index contributed by atoms with van der Waals surface area (Å²) in [5, 5.41) is 10.6. The third-order valence-corrected chi connectivity index (χ3v) is 4.03. The summed E-state index contributed by atoms with van der Waals surface area (Å²) in [5.74, 6) is -0.395. The fourth-order valence-electron chi connectivity index (χ4n) is 2.34. The van der Waals surface area contributed by atoms with Crippen molar-refractivity contribution in [3.05, 3.63) is 64.6 Å². The molecule has 0 bridgehead atoms. The van der Waals surface area contributed by atoms with Crippen LogP contribution in [-0.2, 0) is 6.54 Å². The summed E-state index contributed by atoms with van der Waals surface area (Å²) in [7, 11) is 1.50. The van der Waals surface area contributed by atoms with E-state index in [1.807, 2.05) is 0 Å². The molecule has 0 radical (unpaired) electrons. The first-order valence-electron chi connectivity index (χ1n) is 7.57. The van der Waals surface area contributed by atoms with Crippen LogP contribution < -0.4 is 15.8 Å². The molecule has 7 nitrogen and oxygen atoms in total. The Morgan fingerprint density at radius 1 is 1.35 bits per heavy atom. The Hall–Kier alpha value is -3.13. The fraction of sp³-hybridized carbons (Fsp3) is 0.118. The summed E-state index contributed by atoms with van der Waals surface area (Å²) in [6.07, 6.45) is 0. The summed E-state index contributed by atoms with van der Waals surface area (Å²) < 4.78 is 19.6. The van der Waals surface area contributed by atoms with Crippen LogP contribution in [-0.4, -0.2) is 28.0 Å². The lowest BCUT2D eigenvalue weighted by atomic mass is 10.2. The van der Waals surface area contributed by atoms with Crippen LogP contribution in [0.25, 0.3) is 0 Å². The normalized spacial score (nSPS) is 10.6. The van der Waals surface area contributed by atoms with Crippen molar-refractivity contribution in [2.75, 3.05) is 18.2 Å². The molecule has 1 heterocycles. The fourth-order valence-corrected chi connectivity index (χ4v) is 2.57. The number of benzene rings is 2. The highest BCUT2D eigenvalue weighted by atomic mass is 35.5. The third-order valence-electron chi connectivity index (χ3n) is 3.68. The smallest absolute Gasteiger partial charge is 0.280 e. The van der Waals surface area contributed by atoms with E-state index in [2.05, 4.69) is 15.6 Å². The number of nitrogens with two attached hydrogens (primary N) is 1. The van der Waals surface area contributed by atoms with E-state index in [4.69, 9.17) is 22.1 Å². The van der Waals surface area contributed by atoms with Gasteiger partial charge in [-0.15, -0.1) is 5.10 Å². The maximum absolute atomic E-state index is 13.1. The highest BCUT2D eigenvalue weighted by molar-refractivity contribution is 6.31. The number of carbonyl (C=O) groups is 1. The van der Waals surface area contributed by atoms with E-state index in [0.717, 1.165) is 0 Å². The first-order valence-corrected chi connectivity index (χ1v) is 7.94. The number of rotatable bonds is 5. The van der Waals surface area contributed by atoms with Crippen LogP contribution in [0.2, 0.25) is 5.02 Å². The molecule has 134 valence electrons. The zero-order valence-electron chi connectivity index (χ0n) is 13.7. The van der Waals surface area contributed by atoms with E-state index in [1.165, 1.54) is 30.0 Å². The first kappa shape index (κ1) is 17.7. The third kappa shape index (κ3) is 3.60. The molecule has 0 spiro atoms. The molecule has 1 amide bonds. The van der Waals surface area contributed by atoms with Gasteiger partial charge in [-0.3, -0.25) is 4.79 Å². The lowest BCUT2D eigenvalue weighted by molar-refractivity contribution is 0.102. The Bertz CT molecular complexity index is 960. The standard InChI is InChI=1S/C17H15ClFN5O2/c1-26-14-5-3-2-4-13(14)21-17(25)15-16(20)24(23-22-15)9-10-6-7-11(19)8-12(10)18/h2-8H,9,20H2,1H3,(H,21,25). The number of ether oxygens (including phenoxy) is 1. The number of aromatic nitrogens is 3. The van der Waals surface area contributed by atoms with Crippen molar-refractivity contribution >= 4 is 29.0 Å². The molecule has 0 fully saturated rings. The van der Waals surface area contributed by atoms with Gasteiger partial charge in [0.1, 0.15) is 11.6 Å². The number of hydrogen-bond donors (Lipinski definition) is 2. The van der Waals surface area contributed by atoms with Crippen molar-refractivity contribution in [2.45, 2.75) is 6.54 Å². The van der Waals surface area contributed by atoms with Crippen LogP contribution in [0.3, 0.4) is 0 Å². The summed E-state index contributed by atoms with van der Waals surface area (Å²) >= 11 is 6.01. The highest BCUT2D eigenvalue weighted by Crippen LogP contribution is 2.24. The second kappa shape index (κ2) is 7.40. The Morgan fingerprint density at radius 3 is 2.85 bits per heavy atom. The van der Waals surface area contributed by atoms with Crippen LogP contribution in [0.1, 0.15) is 16.1 Å². The molecule has 26 heavy (non-hydrogen) atoms. The zero-order chi connectivity index (χ0) is 18.7. The number of amides is 1. The number of nitrogens with zero attached hydrogens (tertiary/aromatic N) is 3. The molecule has 3 aromatic rings. The van der Waals surface area contributed by atoms with Gasteiger partial charge < -0.3 is 15.8 Å². The minimum atomic E-state index is -0.525. The summed E-state index contributed by atoms with van der Waals surface area (Å²) in [5.41, 5.74) is 7.03. The summed E-state index contributed by atoms with van der Waals surface area (Å²) in [6, 6.07) is 10.9. The maximum Gasteiger partial charge on any atom is 0.280 e. The summed E-state index contributed by atoms with van der Waals surface area (Å²) in [4.78, 5) is 12.4. The molecular weight excluding hydrogens is 361 g/mol. The van der Waals surface area contributed by atoms with Crippen molar-refractivity contribution in [2.24, 2.45) is 0 Å². The number of carbonyl (C=O) groups excluding carboxylic acids is 1. The SMILES string of the molecule is COc1ccccc1NC(=O)c1nnn(Cc2ccc(F)cc2Cl)c1N. The van der Waals surface area contributed by atoms with Crippen molar-refractivity contribution in [1.29, 1.82) is 0 Å². The predicted octanol–water partition coefficient (Wildman–Crippen LogP) is 2.96. The van der Waals surface area contributed by atoms with Crippen LogP contribution >= 0.6 is 11.6 Å². The average Bonchev–Trinajstić information content (AvgIpc) is 2.98. The number of nitrogen functional groups attached to an aromatic ring is 1. The lowest BCUT2D eigenvalue weighted by Gasteiger charge is -2.09. The molecule has 0 aliphatic rings. The monoisotopic (exact) mass is 375 g/mol. The van der Waals surface area contributed by atoms with E-state index in [-0.39, 0.29) is 23.1 Å². The van der Waals surface area contributed by atoms with Gasteiger partial charge in [0.25, 0.3) is 5.91 Å². The topological polar surface area (TPSA) is 95.1 Å². The molecular formula is C17H15ClFN5O2. The van der Waals surface area contributed by atoms with Crippen LogP contribution in [0.4, 0.5) is 15.9 Å². The van der Waals surface area contributed by atoms with E-state index < -0.39 is 11.7 Å². The van der Waals surface area contributed by atoms with Crippen LogP contribution in [0.15, 0.2) is 42.5 Å². The highest BCUT2D eigenvalue weighted by Gasteiger charge is 2.19. The molecule has 0 saturated heterocycles. The molecule has 2 aromatic carbocycles. The molecule has 1 aromatic heterocycles. The van der Waals surface area contributed by atoms with Gasteiger partial charge in [0.2, 0.25) is 0 Å². The average molecular weight is 376 g/mol. The van der Waals surface area contributed by atoms with Gasteiger partial charge in [-0.2, -0.15) is 0 Å². The molecule has 3 N–H and O–H groups in total. The molecule has 3 rings (SSSR count). The van der Waals surface area contributed by atoms with Gasteiger partial charge in [0.15, 0.2) is 11.5 Å². The Labute approximate surface area is 153 Å². The lowest BCUT2D eigenvalue weighted by Crippen LogP contribution is -2.16. The minimum Gasteiger partial charge on any atom is -0.495 e. The number of para-hydroxylation sites is 2. The van der Waals surface area contributed by atoms with E-state index in [0.29, 0.717) is 17.0 Å². The second-order valence-corrected chi connectivity index (χ2v) is 5.78. The van der Waals surface area contributed by atoms with Crippen molar-refractivity contribution in [3.63, 3.8) is 0 Å². The van der Waals surface area contributed by atoms with Crippen molar-refractivity contribution in [3.8, 4) is 5.75 Å². The molecule has 9 heteroatoms. The molecule has 0 aliphatic carbocycles. The molecule has 0 saturated carbocycles. The van der Waals surface area contributed by atoms with Crippen molar-refractivity contribution < 1.29 is 13.9 Å². The van der Waals surface area contributed by atoms with Gasteiger partial charge in [-0.05, 0) is 29.8 Å². The Balaban J connectivity index is 1.81. The van der Waals surface area contributed by atoms with Gasteiger partial charge >= 0.3 is 0 Å². The minimum absolute atomic E-state index is 0.0332. The molecule has 0 aliphatic heterocycles. The van der Waals surface area contributed by atoms with Gasteiger partial charge in [0.05, 0.1) is 19.3 Å². The van der Waals surface area contributed by atoms with Gasteiger partial charge in [0, 0.05) is 5.02 Å². The Morgan fingerprint density at radius 2 is 2.12 bits per heavy atom. The number of nitrogens with one attached hydrogen (secondary N) is 1. The van der Waals surface area contributed by atoms with Crippen LogP contribution in [0, 0.1) is 5.82 Å². The quantitative estimate of drug-likeness (QED) is 0.714.